The first-order chi connectivity index (χ1) is 12.0. The molecule has 1 unspecified atom stereocenters. The smallest absolute Gasteiger partial charge is 0.332 e. The Kier molecular flexibility index (Phi) is 6.28. The summed E-state index contributed by atoms with van der Waals surface area (Å²) in [5.41, 5.74) is 9.78. The zero-order chi connectivity index (χ0) is 18.2. The van der Waals surface area contributed by atoms with Crippen molar-refractivity contribution in [2.75, 3.05) is 0 Å². The Morgan fingerprint density at radius 1 is 1.00 bits per heavy atom. The molecule has 3 amide bonds. The number of hydrazone groups is 1. The molecule has 2 rings (SSSR count). The molecule has 2 aromatic carbocycles. The molecule has 6 nitrogen and oxygen atoms in total. The maximum atomic E-state index is 12.4. The van der Waals surface area contributed by atoms with E-state index in [0.717, 1.165) is 11.1 Å². The number of carbonyl (C=O) groups is 2. The summed E-state index contributed by atoms with van der Waals surface area (Å²) in [6, 6.07) is 16.3. The van der Waals surface area contributed by atoms with Crippen molar-refractivity contribution in [1.82, 2.24) is 10.7 Å². The van der Waals surface area contributed by atoms with Gasteiger partial charge in [-0.25, -0.2) is 10.2 Å². The molecule has 0 spiro atoms. The van der Waals surface area contributed by atoms with Gasteiger partial charge in [0.05, 0.1) is 6.04 Å². The highest BCUT2D eigenvalue weighted by Crippen LogP contribution is 2.19. The quantitative estimate of drug-likeness (QED) is 0.558. The summed E-state index contributed by atoms with van der Waals surface area (Å²) in [7, 11) is 0. The summed E-state index contributed by atoms with van der Waals surface area (Å²) >= 11 is 0. The van der Waals surface area contributed by atoms with Gasteiger partial charge in [0.15, 0.2) is 0 Å². The van der Waals surface area contributed by atoms with Gasteiger partial charge in [0.25, 0.3) is 5.91 Å². The third-order valence-corrected chi connectivity index (χ3v) is 3.68. The van der Waals surface area contributed by atoms with Gasteiger partial charge in [0.2, 0.25) is 0 Å². The molecule has 0 bridgehead atoms. The van der Waals surface area contributed by atoms with E-state index in [9.17, 15) is 9.59 Å². The third-order valence-electron chi connectivity index (χ3n) is 3.68. The number of nitrogens with two attached hydrogens (primary N) is 1. The molecule has 0 saturated carbocycles. The van der Waals surface area contributed by atoms with Crippen LogP contribution in [-0.2, 0) is 0 Å². The Hall–Kier alpha value is -3.15. The summed E-state index contributed by atoms with van der Waals surface area (Å²) in [5.74, 6) is -0.102. The van der Waals surface area contributed by atoms with E-state index in [1.54, 1.807) is 12.1 Å². The fourth-order valence-electron chi connectivity index (χ4n) is 2.24. The Morgan fingerprint density at radius 2 is 1.60 bits per heavy atom. The second-order valence-corrected chi connectivity index (χ2v) is 5.94. The summed E-state index contributed by atoms with van der Waals surface area (Å²) < 4.78 is 0. The average molecular weight is 338 g/mol. The molecule has 0 saturated heterocycles. The molecule has 0 aromatic heterocycles. The lowest BCUT2D eigenvalue weighted by atomic mass is 10.0. The lowest BCUT2D eigenvalue weighted by Gasteiger charge is -2.18. The normalized spacial score (nSPS) is 12.1. The standard InChI is InChI=1S/C19H22N4O2/c1-13(2)17(12-21-23-19(20)25)22-18(24)16-10-8-15(9-11-16)14-6-4-3-5-7-14/h3-13,17H,1-2H3,(H,22,24)(H3,20,23,25). The monoisotopic (exact) mass is 338 g/mol. The van der Waals surface area contributed by atoms with Crippen molar-refractivity contribution in [1.29, 1.82) is 0 Å². The highest BCUT2D eigenvalue weighted by Gasteiger charge is 2.15. The van der Waals surface area contributed by atoms with Gasteiger partial charge in [-0.1, -0.05) is 56.3 Å². The van der Waals surface area contributed by atoms with Crippen LogP contribution in [0.4, 0.5) is 4.79 Å². The van der Waals surface area contributed by atoms with Gasteiger partial charge < -0.3 is 11.1 Å². The van der Waals surface area contributed by atoms with Crippen molar-refractivity contribution in [3.63, 3.8) is 0 Å². The Labute approximate surface area is 147 Å². The number of nitrogens with zero attached hydrogens (tertiary/aromatic N) is 1. The van der Waals surface area contributed by atoms with Crippen LogP contribution >= 0.6 is 0 Å². The van der Waals surface area contributed by atoms with Crippen molar-refractivity contribution in [3.05, 3.63) is 60.2 Å². The molecule has 0 aliphatic carbocycles. The first kappa shape index (κ1) is 18.2. The number of nitrogens with one attached hydrogen (secondary N) is 2. The van der Waals surface area contributed by atoms with E-state index in [1.165, 1.54) is 6.21 Å². The molecule has 0 aliphatic rings. The van der Waals surface area contributed by atoms with Crippen LogP contribution in [0, 0.1) is 5.92 Å². The van der Waals surface area contributed by atoms with Crippen LogP contribution in [0.3, 0.4) is 0 Å². The van der Waals surface area contributed by atoms with E-state index < -0.39 is 6.03 Å². The fourth-order valence-corrected chi connectivity index (χ4v) is 2.24. The minimum Gasteiger partial charge on any atom is -0.350 e. The Morgan fingerprint density at radius 3 is 2.16 bits per heavy atom. The molecule has 0 aliphatic heterocycles. The van der Waals surface area contributed by atoms with Gasteiger partial charge in [-0.2, -0.15) is 5.10 Å². The second kappa shape index (κ2) is 8.63. The van der Waals surface area contributed by atoms with Gasteiger partial charge in [-0.05, 0) is 29.2 Å². The maximum absolute atomic E-state index is 12.4. The Bertz CT molecular complexity index is 740. The topological polar surface area (TPSA) is 96.6 Å². The van der Waals surface area contributed by atoms with Crippen molar-refractivity contribution < 1.29 is 9.59 Å². The van der Waals surface area contributed by atoms with Crippen LogP contribution in [-0.4, -0.2) is 24.2 Å². The first-order valence-corrected chi connectivity index (χ1v) is 8.02. The van der Waals surface area contributed by atoms with Crippen LogP contribution in [0.1, 0.15) is 24.2 Å². The van der Waals surface area contributed by atoms with Crippen LogP contribution in [0.2, 0.25) is 0 Å². The summed E-state index contributed by atoms with van der Waals surface area (Å²) in [6.07, 6.45) is 1.46. The molecule has 130 valence electrons. The third kappa shape index (κ3) is 5.46. The van der Waals surface area contributed by atoms with E-state index >= 15 is 0 Å². The number of amides is 3. The van der Waals surface area contributed by atoms with E-state index in [2.05, 4.69) is 15.8 Å². The van der Waals surface area contributed by atoms with Crippen molar-refractivity contribution in [3.8, 4) is 11.1 Å². The summed E-state index contributed by atoms with van der Waals surface area (Å²) in [5, 5.41) is 6.61. The maximum Gasteiger partial charge on any atom is 0.332 e. The number of carbonyl (C=O) groups excluding carboxylic acids is 2. The number of hydrogen-bond acceptors (Lipinski definition) is 3. The minimum atomic E-state index is -0.749. The van der Waals surface area contributed by atoms with Gasteiger partial charge >= 0.3 is 6.03 Å². The molecule has 4 N–H and O–H groups in total. The second-order valence-electron chi connectivity index (χ2n) is 5.94. The van der Waals surface area contributed by atoms with E-state index in [0.29, 0.717) is 5.56 Å². The van der Waals surface area contributed by atoms with Gasteiger partial charge in [0.1, 0.15) is 0 Å². The molecule has 25 heavy (non-hydrogen) atoms. The zero-order valence-corrected chi connectivity index (χ0v) is 14.3. The molecular weight excluding hydrogens is 316 g/mol. The van der Waals surface area contributed by atoms with Crippen LogP contribution in [0.25, 0.3) is 11.1 Å². The average Bonchev–Trinajstić information content (AvgIpc) is 2.61. The van der Waals surface area contributed by atoms with Gasteiger partial charge in [0, 0.05) is 11.8 Å². The van der Waals surface area contributed by atoms with Crippen molar-refractivity contribution in [2.24, 2.45) is 16.8 Å². The van der Waals surface area contributed by atoms with Gasteiger partial charge in [-0.15, -0.1) is 0 Å². The molecule has 0 heterocycles. The lowest BCUT2D eigenvalue weighted by molar-refractivity contribution is 0.0940. The number of rotatable bonds is 6. The van der Waals surface area contributed by atoms with E-state index in [-0.39, 0.29) is 17.9 Å². The van der Waals surface area contributed by atoms with Crippen molar-refractivity contribution in [2.45, 2.75) is 19.9 Å². The Balaban J connectivity index is 2.06. The van der Waals surface area contributed by atoms with Gasteiger partial charge in [-0.3, -0.25) is 4.79 Å². The molecule has 0 fully saturated rings. The predicted molar refractivity (Wildman–Crippen MR) is 99.2 cm³/mol. The van der Waals surface area contributed by atoms with Crippen LogP contribution in [0.15, 0.2) is 59.7 Å². The van der Waals surface area contributed by atoms with E-state index in [1.807, 2.05) is 56.3 Å². The SMILES string of the molecule is CC(C)C(C=NNC(N)=O)NC(=O)c1ccc(-c2ccccc2)cc1. The van der Waals surface area contributed by atoms with E-state index in [4.69, 9.17) is 5.73 Å². The predicted octanol–water partition coefficient (Wildman–Crippen LogP) is 2.76. The van der Waals surface area contributed by atoms with Crippen LogP contribution in [0.5, 0.6) is 0 Å². The highest BCUT2D eigenvalue weighted by molar-refractivity contribution is 5.96. The summed E-state index contributed by atoms with van der Waals surface area (Å²) in [4.78, 5) is 23.1. The minimum absolute atomic E-state index is 0.103. The van der Waals surface area contributed by atoms with Crippen molar-refractivity contribution >= 4 is 18.2 Å². The molecule has 0 radical (unpaired) electrons. The number of primary amides is 1. The number of benzene rings is 2. The number of urea groups is 1. The highest BCUT2D eigenvalue weighted by atomic mass is 16.2. The first-order valence-electron chi connectivity index (χ1n) is 8.02. The molecule has 6 heteroatoms. The largest absolute Gasteiger partial charge is 0.350 e. The van der Waals surface area contributed by atoms with Crippen LogP contribution < -0.4 is 16.5 Å². The molecule has 1 atom stereocenters. The number of hydrogen-bond donors (Lipinski definition) is 3. The lowest BCUT2D eigenvalue weighted by Crippen LogP contribution is -2.40. The summed E-state index contributed by atoms with van der Waals surface area (Å²) in [6.45, 7) is 3.89. The molecular formula is C19H22N4O2. The fraction of sp³-hybridized carbons (Fsp3) is 0.211. The molecule has 2 aromatic rings. The zero-order valence-electron chi connectivity index (χ0n) is 14.3.